The summed E-state index contributed by atoms with van der Waals surface area (Å²) in [5.74, 6) is 0. The Labute approximate surface area is 126 Å². The highest BCUT2D eigenvalue weighted by atomic mass is 35.5. The maximum absolute atomic E-state index is 12.5. The lowest BCUT2D eigenvalue weighted by Crippen LogP contribution is -2.14. The summed E-state index contributed by atoms with van der Waals surface area (Å²) in [6.07, 6.45) is 4.51. The van der Waals surface area contributed by atoms with Gasteiger partial charge in [-0.15, -0.1) is 0 Å². The number of aromatic amines is 1. The smallest absolute Gasteiger partial charge is 0.264 e. The second-order valence-corrected chi connectivity index (χ2v) is 6.46. The van der Waals surface area contributed by atoms with Gasteiger partial charge in [0, 0.05) is 24.0 Å². The van der Waals surface area contributed by atoms with Crippen molar-refractivity contribution in [3.8, 4) is 0 Å². The number of fused-ring (bicyclic) bond motifs is 1. The van der Waals surface area contributed by atoms with Crippen LogP contribution in [-0.4, -0.2) is 23.4 Å². The molecule has 6 nitrogen and oxygen atoms in total. The summed E-state index contributed by atoms with van der Waals surface area (Å²) in [6.45, 7) is 1.75. The zero-order valence-corrected chi connectivity index (χ0v) is 12.5. The van der Waals surface area contributed by atoms with Gasteiger partial charge in [0.25, 0.3) is 10.0 Å². The van der Waals surface area contributed by atoms with E-state index in [0.717, 1.165) is 0 Å². The van der Waals surface area contributed by atoms with Crippen LogP contribution in [0.5, 0.6) is 0 Å². The van der Waals surface area contributed by atoms with Crippen molar-refractivity contribution in [2.24, 2.45) is 0 Å². The molecule has 0 aromatic carbocycles. The summed E-state index contributed by atoms with van der Waals surface area (Å²) in [5.41, 5.74) is 1.47. The monoisotopic (exact) mass is 322 g/mol. The minimum atomic E-state index is -3.79. The Morgan fingerprint density at radius 1 is 1.24 bits per heavy atom. The average molecular weight is 323 g/mol. The van der Waals surface area contributed by atoms with Crippen LogP contribution in [0.3, 0.4) is 0 Å². The third kappa shape index (κ3) is 2.45. The molecule has 3 aromatic heterocycles. The summed E-state index contributed by atoms with van der Waals surface area (Å²) < 4.78 is 27.6. The molecule has 0 aliphatic heterocycles. The van der Waals surface area contributed by atoms with E-state index in [2.05, 4.69) is 19.7 Å². The number of aromatic nitrogens is 3. The number of nitrogens with one attached hydrogen (secondary N) is 2. The molecule has 8 heteroatoms. The fraction of sp³-hybridized carbons (Fsp3) is 0.0769. The Morgan fingerprint density at radius 3 is 2.81 bits per heavy atom. The van der Waals surface area contributed by atoms with Crippen molar-refractivity contribution >= 4 is 38.3 Å². The van der Waals surface area contributed by atoms with Crippen molar-refractivity contribution in [2.45, 2.75) is 11.8 Å². The lowest BCUT2D eigenvalue weighted by Gasteiger charge is -2.10. The van der Waals surface area contributed by atoms with Crippen LogP contribution >= 0.6 is 11.6 Å². The van der Waals surface area contributed by atoms with Gasteiger partial charge in [0.1, 0.15) is 10.5 Å². The first kappa shape index (κ1) is 13.8. The third-order valence-electron chi connectivity index (χ3n) is 3.05. The molecule has 3 rings (SSSR count). The van der Waals surface area contributed by atoms with Gasteiger partial charge in [-0.1, -0.05) is 11.6 Å². The first-order chi connectivity index (χ1) is 9.99. The van der Waals surface area contributed by atoms with Gasteiger partial charge in [-0.2, -0.15) is 0 Å². The number of halogens is 1. The van der Waals surface area contributed by atoms with Gasteiger partial charge in [0.15, 0.2) is 5.15 Å². The van der Waals surface area contributed by atoms with E-state index in [9.17, 15) is 8.42 Å². The van der Waals surface area contributed by atoms with Crippen LogP contribution in [0.25, 0.3) is 11.0 Å². The lowest BCUT2D eigenvalue weighted by molar-refractivity contribution is 0.602. The number of anilines is 1. The minimum Gasteiger partial charge on any atom is -0.345 e. The van der Waals surface area contributed by atoms with Gasteiger partial charge in [-0.3, -0.25) is 4.72 Å². The largest absolute Gasteiger partial charge is 0.345 e. The van der Waals surface area contributed by atoms with Gasteiger partial charge in [-0.25, -0.2) is 18.4 Å². The van der Waals surface area contributed by atoms with E-state index < -0.39 is 10.0 Å². The van der Waals surface area contributed by atoms with Crippen LogP contribution in [0.1, 0.15) is 5.56 Å². The van der Waals surface area contributed by atoms with Crippen LogP contribution in [0.15, 0.2) is 41.7 Å². The number of aryl methyl sites for hydroxylation is 1. The molecule has 0 aliphatic carbocycles. The first-order valence-corrected chi connectivity index (χ1v) is 7.91. The highest BCUT2D eigenvalue weighted by molar-refractivity contribution is 7.93. The number of hydrogen-bond acceptors (Lipinski definition) is 4. The number of nitrogens with zero attached hydrogens (tertiary/aromatic N) is 2. The zero-order valence-electron chi connectivity index (χ0n) is 11.0. The predicted octanol–water partition coefficient (Wildman–Crippen LogP) is 2.72. The molecule has 0 spiro atoms. The molecular weight excluding hydrogens is 312 g/mol. The normalized spacial score (nSPS) is 11.7. The quantitative estimate of drug-likeness (QED) is 0.726. The number of rotatable bonds is 3. The molecule has 0 bridgehead atoms. The van der Waals surface area contributed by atoms with E-state index in [1.54, 1.807) is 31.3 Å². The molecule has 2 N–H and O–H groups in total. The molecule has 0 atom stereocenters. The molecule has 3 aromatic rings. The molecule has 0 saturated carbocycles. The molecular formula is C13H11ClN4O2S. The van der Waals surface area contributed by atoms with Crippen LogP contribution in [0.4, 0.5) is 5.69 Å². The highest BCUT2D eigenvalue weighted by Gasteiger charge is 2.21. The predicted molar refractivity (Wildman–Crippen MR) is 80.9 cm³/mol. The Kier molecular flexibility index (Phi) is 3.30. The summed E-state index contributed by atoms with van der Waals surface area (Å²) in [6, 6.07) is 5.04. The molecule has 108 valence electrons. The second-order valence-electron chi connectivity index (χ2n) is 4.45. The Hall–Kier alpha value is -2.12. The zero-order chi connectivity index (χ0) is 15.0. The molecule has 0 saturated heterocycles. The van der Waals surface area contributed by atoms with Crippen LogP contribution < -0.4 is 4.72 Å². The van der Waals surface area contributed by atoms with Crippen molar-refractivity contribution in [3.05, 3.63) is 47.5 Å². The van der Waals surface area contributed by atoms with Crippen molar-refractivity contribution in [2.75, 3.05) is 4.72 Å². The van der Waals surface area contributed by atoms with Crippen LogP contribution in [0.2, 0.25) is 5.15 Å². The molecule has 0 radical (unpaired) electrons. The molecule has 0 aliphatic rings. The van der Waals surface area contributed by atoms with E-state index in [0.29, 0.717) is 16.6 Å². The fourth-order valence-electron chi connectivity index (χ4n) is 1.99. The second kappa shape index (κ2) is 5.01. The van der Waals surface area contributed by atoms with Crippen molar-refractivity contribution in [1.29, 1.82) is 0 Å². The van der Waals surface area contributed by atoms with Gasteiger partial charge in [0.05, 0.1) is 5.69 Å². The van der Waals surface area contributed by atoms with E-state index in [1.165, 1.54) is 12.4 Å². The third-order valence-corrected chi connectivity index (χ3v) is 4.73. The molecule has 0 amide bonds. The molecule has 0 fully saturated rings. The summed E-state index contributed by atoms with van der Waals surface area (Å²) >= 11 is 5.96. The van der Waals surface area contributed by atoms with Gasteiger partial charge in [0.2, 0.25) is 0 Å². The Balaban J connectivity index is 2.09. The van der Waals surface area contributed by atoms with E-state index in [-0.39, 0.29) is 15.7 Å². The number of hydrogen-bond donors (Lipinski definition) is 2. The van der Waals surface area contributed by atoms with Crippen molar-refractivity contribution in [3.63, 3.8) is 0 Å². The number of sulfonamides is 1. The van der Waals surface area contributed by atoms with Crippen LogP contribution in [0, 0.1) is 6.92 Å². The maximum atomic E-state index is 12.5. The number of H-pyrrole nitrogens is 1. The van der Waals surface area contributed by atoms with Crippen LogP contribution in [-0.2, 0) is 10.0 Å². The Bertz CT molecular complexity index is 901. The molecule has 3 heterocycles. The molecule has 0 unspecified atom stereocenters. The SMILES string of the molecule is Cc1ccnc(Cl)c1NS(=O)(=O)c1c[nH]c2ncccc12. The number of pyridine rings is 2. The standard InChI is InChI=1S/C13H11ClN4O2S/c1-8-4-6-15-12(14)11(8)18-21(19,20)10-7-17-13-9(10)3-2-5-16-13/h2-7,18H,1H3,(H,16,17). The van der Waals surface area contributed by atoms with E-state index >= 15 is 0 Å². The van der Waals surface area contributed by atoms with Crippen molar-refractivity contribution in [1.82, 2.24) is 15.0 Å². The summed E-state index contributed by atoms with van der Waals surface area (Å²) in [7, 11) is -3.79. The molecule has 21 heavy (non-hydrogen) atoms. The van der Waals surface area contributed by atoms with Gasteiger partial charge >= 0.3 is 0 Å². The van der Waals surface area contributed by atoms with E-state index in [1.807, 2.05) is 0 Å². The Morgan fingerprint density at radius 2 is 2.05 bits per heavy atom. The highest BCUT2D eigenvalue weighted by Crippen LogP contribution is 2.28. The topological polar surface area (TPSA) is 87.7 Å². The minimum absolute atomic E-state index is 0.108. The van der Waals surface area contributed by atoms with Gasteiger partial charge in [-0.05, 0) is 30.7 Å². The maximum Gasteiger partial charge on any atom is 0.264 e. The summed E-state index contributed by atoms with van der Waals surface area (Å²) in [4.78, 5) is 10.9. The van der Waals surface area contributed by atoms with E-state index in [4.69, 9.17) is 11.6 Å². The summed E-state index contributed by atoms with van der Waals surface area (Å²) in [5, 5.41) is 0.624. The lowest BCUT2D eigenvalue weighted by atomic mass is 10.3. The average Bonchev–Trinajstić information content (AvgIpc) is 2.88. The first-order valence-electron chi connectivity index (χ1n) is 6.05. The fourth-order valence-corrected chi connectivity index (χ4v) is 3.60. The van der Waals surface area contributed by atoms with Crippen molar-refractivity contribution < 1.29 is 8.42 Å². The van der Waals surface area contributed by atoms with Gasteiger partial charge < -0.3 is 4.98 Å².